The molecular weight excluding hydrogens is 248 g/mol. The zero-order valence-electron chi connectivity index (χ0n) is 11.1. The molecule has 1 aliphatic heterocycles. The van der Waals surface area contributed by atoms with Crippen LogP contribution in [-0.2, 0) is 9.59 Å². The molecule has 0 saturated carbocycles. The lowest BCUT2D eigenvalue weighted by Gasteiger charge is -2.28. The SMILES string of the molecule is CN1C(=O)COc2ccc(NC(C)(C)C(=O)O)cc21. The predicted molar refractivity (Wildman–Crippen MR) is 70.7 cm³/mol. The zero-order chi connectivity index (χ0) is 14.2. The Morgan fingerprint density at radius 1 is 1.47 bits per heavy atom. The monoisotopic (exact) mass is 264 g/mol. The maximum absolute atomic E-state index is 11.5. The second-order valence-electron chi connectivity index (χ2n) is 4.98. The Balaban J connectivity index is 2.31. The number of anilines is 2. The third kappa shape index (κ3) is 2.47. The molecule has 6 nitrogen and oxygen atoms in total. The number of carbonyl (C=O) groups is 2. The molecule has 0 bridgehead atoms. The van der Waals surface area contributed by atoms with Crippen molar-refractivity contribution in [1.82, 2.24) is 0 Å². The maximum atomic E-state index is 11.5. The summed E-state index contributed by atoms with van der Waals surface area (Å²) in [6.07, 6.45) is 0. The highest BCUT2D eigenvalue weighted by molar-refractivity contribution is 5.98. The number of fused-ring (bicyclic) bond motifs is 1. The molecule has 0 spiro atoms. The minimum absolute atomic E-state index is 0.0247. The van der Waals surface area contributed by atoms with Gasteiger partial charge in [0.15, 0.2) is 6.61 Å². The number of aliphatic carboxylic acids is 1. The fourth-order valence-electron chi connectivity index (χ4n) is 1.76. The van der Waals surface area contributed by atoms with E-state index in [9.17, 15) is 9.59 Å². The fraction of sp³-hybridized carbons (Fsp3) is 0.385. The van der Waals surface area contributed by atoms with Crippen molar-refractivity contribution in [1.29, 1.82) is 0 Å². The lowest BCUT2D eigenvalue weighted by atomic mass is 10.1. The van der Waals surface area contributed by atoms with Crippen molar-refractivity contribution in [2.45, 2.75) is 19.4 Å². The average molecular weight is 264 g/mol. The number of likely N-dealkylation sites (N-methyl/N-ethyl adjacent to an activating group) is 1. The molecule has 0 radical (unpaired) electrons. The Bertz CT molecular complexity index is 539. The van der Waals surface area contributed by atoms with Crippen LogP contribution in [0.2, 0.25) is 0 Å². The van der Waals surface area contributed by atoms with E-state index in [-0.39, 0.29) is 12.5 Å². The molecule has 2 N–H and O–H groups in total. The van der Waals surface area contributed by atoms with E-state index in [0.29, 0.717) is 17.1 Å². The molecule has 0 unspecified atom stereocenters. The molecule has 6 heteroatoms. The number of nitrogens with zero attached hydrogens (tertiary/aromatic N) is 1. The number of hydrogen-bond donors (Lipinski definition) is 2. The van der Waals surface area contributed by atoms with Gasteiger partial charge in [-0.25, -0.2) is 4.79 Å². The Labute approximate surface area is 111 Å². The van der Waals surface area contributed by atoms with E-state index in [0.717, 1.165) is 0 Å². The summed E-state index contributed by atoms with van der Waals surface area (Å²) in [6.45, 7) is 3.16. The summed E-state index contributed by atoms with van der Waals surface area (Å²) in [5.41, 5.74) is 0.158. The first-order valence-corrected chi connectivity index (χ1v) is 5.86. The molecule has 102 valence electrons. The van der Waals surface area contributed by atoms with Crippen molar-refractivity contribution in [3.63, 3.8) is 0 Å². The van der Waals surface area contributed by atoms with Gasteiger partial charge in [-0.2, -0.15) is 0 Å². The summed E-state index contributed by atoms with van der Waals surface area (Å²) in [7, 11) is 1.66. The quantitative estimate of drug-likeness (QED) is 0.860. The van der Waals surface area contributed by atoms with E-state index in [2.05, 4.69) is 5.32 Å². The smallest absolute Gasteiger partial charge is 0.328 e. The number of benzene rings is 1. The first kappa shape index (κ1) is 13.2. The first-order chi connectivity index (χ1) is 8.81. The van der Waals surface area contributed by atoms with E-state index in [1.165, 1.54) is 4.90 Å². The summed E-state index contributed by atoms with van der Waals surface area (Å²) >= 11 is 0. The van der Waals surface area contributed by atoms with E-state index >= 15 is 0 Å². The highest BCUT2D eigenvalue weighted by atomic mass is 16.5. The van der Waals surface area contributed by atoms with Crippen molar-refractivity contribution in [3.05, 3.63) is 18.2 Å². The Morgan fingerprint density at radius 2 is 2.16 bits per heavy atom. The van der Waals surface area contributed by atoms with Crippen LogP contribution in [0.15, 0.2) is 18.2 Å². The van der Waals surface area contributed by atoms with Crippen LogP contribution in [0.25, 0.3) is 0 Å². The highest BCUT2D eigenvalue weighted by Gasteiger charge is 2.28. The Morgan fingerprint density at radius 3 is 2.79 bits per heavy atom. The molecule has 0 aromatic heterocycles. The molecule has 1 amide bonds. The molecule has 0 saturated heterocycles. The number of ether oxygens (including phenoxy) is 1. The predicted octanol–water partition coefficient (Wildman–Crippen LogP) is 1.32. The zero-order valence-corrected chi connectivity index (χ0v) is 11.1. The van der Waals surface area contributed by atoms with Crippen molar-refractivity contribution in [3.8, 4) is 5.75 Å². The molecule has 1 aromatic carbocycles. The summed E-state index contributed by atoms with van der Waals surface area (Å²) in [5, 5.41) is 12.0. The number of rotatable bonds is 3. The van der Waals surface area contributed by atoms with E-state index in [4.69, 9.17) is 9.84 Å². The van der Waals surface area contributed by atoms with Crippen LogP contribution in [0.1, 0.15) is 13.8 Å². The van der Waals surface area contributed by atoms with E-state index in [1.54, 1.807) is 39.1 Å². The molecule has 19 heavy (non-hydrogen) atoms. The molecule has 0 atom stereocenters. The van der Waals surface area contributed by atoms with Gasteiger partial charge in [0, 0.05) is 12.7 Å². The second kappa shape index (κ2) is 4.46. The number of nitrogens with one attached hydrogen (secondary N) is 1. The Kier molecular flexibility index (Phi) is 3.09. The van der Waals surface area contributed by atoms with Gasteiger partial charge >= 0.3 is 5.97 Å². The maximum Gasteiger partial charge on any atom is 0.328 e. The van der Waals surface area contributed by atoms with Crippen LogP contribution in [0.3, 0.4) is 0 Å². The van der Waals surface area contributed by atoms with E-state index < -0.39 is 11.5 Å². The van der Waals surface area contributed by atoms with Gasteiger partial charge in [-0.15, -0.1) is 0 Å². The topological polar surface area (TPSA) is 78.9 Å². The molecule has 1 aromatic rings. The minimum atomic E-state index is -1.09. The largest absolute Gasteiger partial charge is 0.482 e. The van der Waals surface area contributed by atoms with Crippen LogP contribution in [0, 0.1) is 0 Å². The van der Waals surface area contributed by atoms with Crippen molar-refractivity contribution >= 4 is 23.3 Å². The average Bonchev–Trinajstić information content (AvgIpc) is 2.34. The minimum Gasteiger partial charge on any atom is -0.482 e. The van der Waals surface area contributed by atoms with Gasteiger partial charge in [0.05, 0.1) is 5.69 Å². The summed E-state index contributed by atoms with van der Waals surface area (Å²) in [5.74, 6) is -0.478. The summed E-state index contributed by atoms with van der Waals surface area (Å²) in [4.78, 5) is 24.1. The van der Waals surface area contributed by atoms with Gasteiger partial charge in [-0.05, 0) is 32.0 Å². The Hall–Kier alpha value is -2.24. The number of carboxylic acid groups (broad SMARTS) is 1. The van der Waals surface area contributed by atoms with Crippen LogP contribution in [0.5, 0.6) is 5.75 Å². The van der Waals surface area contributed by atoms with Crippen LogP contribution in [0.4, 0.5) is 11.4 Å². The van der Waals surface area contributed by atoms with Gasteiger partial charge in [0.1, 0.15) is 11.3 Å². The van der Waals surface area contributed by atoms with Gasteiger partial charge in [-0.3, -0.25) is 4.79 Å². The molecule has 2 rings (SSSR count). The lowest BCUT2D eigenvalue weighted by Crippen LogP contribution is -2.40. The molecule has 1 aliphatic rings. The fourth-order valence-corrected chi connectivity index (χ4v) is 1.76. The third-order valence-corrected chi connectivity index (χ3v) is 3.04. The molecule has 0 aliphatic carbocycles. The normalized spacial score (nSPS) is 14.7. The lowest BCUT2D eigenvalue weighted by molar-refractivity contribution is -0.141. The summed E-state index contributed by atoms with van der Waals surface area (Å²) < 4.78 is 5.30. The molecular formula is C13H16N2O4. The van der Waals surface area contributed by atoms with Gasteiger partial charge in [0.25, 0.3) is 5.91 Å². The van der Waals surface area contributed by atoms with Crippen LogP contribution >= 0.6 is 0 Å². The van der Waals surface area contributed by atoms with Crippen LogP contribution < -0.4 is 15.0 Å². The molecule has 1 heterocycles. The number of carbonyl (C=O) groups excluding carboxylic acids is 1. The van der Waals surface area contributed by atoms with Gasteiger partial charge < -0.3 is 20.1 Å². The first-order valence-electron chi connectivity index (χ1n) is 5.86. The van der Waals surface area contributed by atoms with Gasteiger partial charge in [-0.1, -0.05) is 0 Å². The molecule has 0 fully saturated rings. The second-order valence-corrected chi connectivity index (χ2v) is 4.98. The summed E-state index contributed by atoms with van der Waals surface area (Å²) in [6, 6.07) is 5.16. The van der Waals surface area contributed by atoms with Crippen molar-refractivity contribution < 1.29 is 19.4 Å². The number of amides is 1. The standard InChI is InChI=1S/C13H16N2O4/c1-13(2,12(17)18)14-8-4-5-10-9(6-8)15(3)11(16)7-19-10/h4-6,14H,7H2,1-3H3,(H,17,18). The van der Waals surface area contributed by atoms with E-state index in [1.807, 2.05) is 0 Å². The third-order valence-electron chi connectivity index (χ3n) is 3.04. The number of carboxylic acids is 1. The van der Waals surface area contributed by atoms with Crippen LogP contribution in [-0.4, -0.2) is 36.2 Å². The van der Waals surface area contributed by atoms with Gasteiger partial charge in [0.2, 0.25) is 0 Å². The number of hydrogen-bond acceptors (Lipinski definition) is 4. The van der Waals surface area contributed by atoms with Crippen molar-refractivity contribution in [2.24, 2.45) is 0 Å². The van der Waals surface area contributed by atoms with Crippen molar-refractivity contribution in [2.75, 3.05) is 23.9 Å². The highest BCUT2D eigenvalue weighted by Crippen LogP contribution is 2.34.